The summed E-state index contributed by atoms with van der Waals surface area (Å²) in [5.74, 6) is -0.454. The average molecular weight is 282 g/mol. The molecule has 2 amide bonds. The van der Waals surface area contributed by atoms with E-state index in [2.05, 4.69) is 10.6 Å². The highest BCUT2D eigenvalue weighted by Crippen LogP contribution is 2.17. The average Bonchev–Trinajstić information content (AvgIpc) is 2.46. The van der Waals surface area contributed by atoms with E-state index < -0.39 is 0 Å². The molecule has 0 bridgehead atoms. The topological polar surface area (TPSA) is 58.2 Å². The van der Waals surface area contributed by atoms with Crippen LogP contribution in [0.5, 0.6) is 0 Å². The molecule has 2 N–H and O–H groups in total. The Bertz CT molecular complexity index is 673. The summed E-state index contributed by atoms with van der Waals surface area (Å²) in [4.78, 5) is 24.1. The Morgan fingerprint density at radius 2 is 1.52 bits per heavy atom. The van der Waals surface area contributed by atoms with Gasteiger partial charge in [0.25, 0.3) is 11.8 Å². The quantitative estimate of drug-likeness (QED) is 0.909. The van der Waals surface area contributed by atoms with Crippen molar-refractivity contribution in [2.45, 2.75) is 13.8 Å². The van der Waals surface area contributed by atoms with Crippen molar-refractivity contribution in [2.24, 2.45) is 0 Å². The lowest BCUT2D eigenvalue weighted by atomic mass is 10.1. The van der Waals surface area contributed by atoms with E-state index in [1.807, 2.05) is 32.0 Å². The van der Waals surface area contributed by atoms with Crippen molar-refractivity contribution >= 4 is 17.5 Å². The largest absolute Gasteiger partial charge is 0.355 e. The van der Waals surface area contributed by atoms with E-state index in [0.29, 0.717) is 16.8 Å². The third-order valence-corrected chi connectivity index (χ3v) is 3.13. The summed E-state index contributed by atoms with van der Waals surface area (Å²) < 4.78 is 0. The smallest absolute Gasteiger partial charge is 0.255 e. The Kier molecular flexibility index (Phi) is 4.38. The predicted molar refractivity (Wildman–Crippen MR) is 83.7 cm³/mol. The van der Waals surface area contributed by atoms with Gasteiger partial charge < -0.3 is 10.6 Å². The first-order valence-corrected chi connectivity index (χ1v) is 6.72. The molecule has 0 atom stereocenters. The zero-order chi connectivity index (χ0) is 15.4. The van der Waals surface area contributed by atoms with Gasteiger partial charge in [-0.15, -0.1) is 0 Å². The van der Waals surface area contributed by atoms with E-state index in [4.69, 9.17) is 0 Å². The molecule has 0 aliphatic heterocycles. The van der Waals surface area contributed by atoms with Crippen LogP contribution in [-0.2, 0) is 0 Å². The van der Waals surface area contributed by atoms with Crippen LogP contribution < -0.4 is 10.6 Å². The fourth-order valence-electron chi connectivity index (χ4n) is 2.23. The Morgan fingerprint density at radius 1 is 0.905 bits per heavy atom. The monoisotopic (exact) mass is 282 g/mol. The number of amides is 2. The number of carbonyl (C=O) groups is 2. The SMILES string of the molecule is CNC(=O)c1ccccc1NC(=O)c1cc(C)cc(C)c1. The molecular formula is C17H18N2O2. The molecular weight excluding hydrogens is 264 g/mol. The predicted octanol–water partition coefficient (Wildman–Crippen LogP) is 2.92. The van der Waals surface area contributed by atoms with Gasteiger partial charge in [0.05, 0.1) is 11.3 Å². The van der Waals surface area contributed by atoms with Gasteiger partial charge in [-0.3, -0.25) is 9.59 Å². The van der Waals surface area contributed by atoms with Gasteiger partial charge >= 0.3 is 0 Å². The summed E-state index contributed by atoms with van der Waals surface area (Å²) >= 11 is 0. The van der Waals surface area contributed by atoms with Crippen molar-refractivity contribution in [3.05, 3.63) is 64.7 Å². The Morgan fingerprint density at radius 3 is 2.14 bits per heavy atom. The second-order valence-corrected chi connectivity index (χ2v) is 4.96. The summed E-state index contributed by atoms with van der Waals surface area (Å²) in [5, 5.41) is 5.36. The molecule has 0 aliphatic carbocycles. The lowest BCUT2D eigenvalue weighted by Gasteiger charge is -2.11. The zero-order valence-electron chi connectivity index (χ0n) is 12.4. The molecule has 0 unspecified atom stereocenters. The molecule has 0 radical (unpaired) electrons. The van der Waals surface area contributed by atoms with Crippen molar-refractivity contribution in [2.75, 3.05) is 12.4 Å². The Hall–Kier alpha value is -2.62. The van der Waals surface area contributed by atoms with E-state index in [9.17, 15) is 9.59 Å². The minimum atomic E-state index is -0.230. The van der Waals surface area contributed by atoms with Gasteiger partial charge in [0, 0.05) is 12.6 Å². The molecule has 21 heavy (non-hydrogen) atoms. The number of carbonyl (C=O) groups excluding carboxylic acids is 2. The second kappa shape index (κ2) is 6.22. The van der Waals surface area contributed by atoms with Gasteiger partial charge in [-0.2, -0.15) is 0 Å². The number of hydrogen-bond acceptors (Lipinski definition) is 2. The summed E-state index contributed by atoms with van der Waals surface area (Å²) in [7, 11) is 1.56. The molecule has 4 heteroatoms. The maximum absolute atomic E-state index is 12.3. The summed E-state index contributed by atoms with van der Waals surface area (Å²) in [6.07, 6.45) is 0. The van der Waals surface area contributed by atoms with Gasteiger partial charge in [-0.05, 0) is 38.1 Å². The molecule has 2 rings (SSSR count). The van der Waals surface area contributed by atoms with E-state index in [1.165, 1.54) is 0 Å². The number of benzene rings is 2. The van der Waals surface area contributed by atoms with Gasteiger partial charge in [0.1, 0.15) is 0 Å². The number of hydrogen-bond donors (Lipinski definition) is 2. The van der Waals surface area contributed by atoms with E-state index in [-0.39, 0.29) is 11.8 Å². The third kappa shape index (κ3) is 3.48. The number of anilines is 1. The van der Waals surface area contributed by atoms with Crippen molar-refractivity contribution in [3.8, 4) is 0 Å². The molecule has 0 fully saturated rings. The van der Waals surface area contributed by atoms with Crippen LogP contribution in [0.3, 0.4) is 0 Å². The normalized spacial score (nSPS) is 10.0. The highest BCUT2D eigenvalue weighted by atomic mass is 16.2. The fourth-order valence-corrected chi connectivity index (χ4v) is 2.23. The summed E-state index contributed by atoms with van der Waals surface area (Å²) in [6.45, 7) is 3.89. The molecule has 108 valence electrons. The first-order valence-electron chi connectivity index (χ1n) is 6.72. The number of aryl methyl sites for hydroxylation is 2. The number of rotatable bonds is 3. The molecule has 0 spiro atoms. The Labute approximate surface area is 124 Å². The van der Waals surface area contributed by atoms with E-state index in [0.717, 1.165) is 11.1 Å². The van der Waals surface area contributed by atoms with Crippen molar-refractivity contribution in [1.82, 2.24) is 5.32 Å². The van der Waals surface area contributed by atoms with Crippen molar-refractivity contribution in [1.29, 1.82) is 0 Å². The molecule has 2 aromatic rings. The van der Waals surface area contributed by atoms with Crippen LogP contribution in [0, 0.1) is 13.8 Å². The zero-order valence-corrected chi connectivity index (χ0v) is 12.4. The van der Waals surface area contributed by atoms with Crippen LogP contribution in [0.4, 0.5) is 5.69 Å². The molecule has 2 aromatic carbocycles. The van der Waals surface area contributed by atoms with Crippen molar-refractivity contribution < 1.29 is 9.59 Å². The summed E-state index contributed by atoms with van der Waals surface area (Å²) in [6, 6.07) is 12.6. The van der Waals surface area contributed by atoms with E-state index in [1.54, 1.807) is 31.3 Å². The van der Waals surface area contributed by atoms with Crippen LogP contribution in [0.15, 0.2) is 42.5 Å². The van der Waals surface area contributed by atoms with Crippen LogP contribution >= 0.6 is 0 Å². The van der Waals surface area contributed by atoms with E-state index >= 15 is 0 Å². The number of para-hydroxylation sites is 1. The molecule has 0 saturated carbocycles. The molecule has 0 aromatic heterocycles. The van der Waals surface area contributed by atoms with Crippen molar-refractivity contribution in [3.63, 3.8) is 0 Å². The highest BCUT2D eigenvalue weighted by molar-refractivity contribution is 6.09. The fraction of sp³-hybridized carbons (Fsp3) is 0.176. The minimum Gasteiger partial charge on any atom is -0.355 e. The minimum absolute atomic E-state index is 0.224. The Balaban J connectivity index is 2.30. The maximum Gasteiger partial charge on any atom is 0.255 e. The van der Waals surface area contributed by atoms with Crippen LogP contribution in [-0.4, -0.2) is 18.9 Å². The molecule has 0 heterocycles. The first-order chi connectivity index (χ1) is 10.0. The lowest BCUT2D eigenvalue weighted by Crippen LogP contribution is -2.21. The second-order valence-electron chi connectivity index (χ2n) is 4.96. The third-order valence-electron chi connectivity index (χ3n) is 3.13. The molecule has 0 aliphatic rings. The van der Waals surface area contributed by atoms with Gasteiger partial charge in [0.2, 0.25) is 0 Å². The molecule has 0 saturated heterocycles. The van der Waals surface area contributed by atoms with Gasteiger partial charge in [0.15, 0.2) is 0 Å². The molecule has 4 nitrogen and oxygen atoms in total. The van der Waals surface area contributed by atoms with Crippen LogP contribution in [0.2, 0.25) is 0 Å². The van der Waals surface area contributed by atoms with Gasteiger partial charge in [-0.1, -0.05) is 29.3 Å². The van der Waals surface area contributed by atoms with Crippen LogP contribution in [0.25, 0.3) is 0 Å². The summed E-state index contributed by atoms with van der Waals surface area (Å²) in [5.41, 5.74) is 3.58. The first kappa shape index (κ1) is 14.8. The van der Waals surface area contributed by atoms with Crippen LogP contribution in [0.1, 0.15) is 31.8 Å². The number of nitrogens with one attached hydrogen (secondary N) is 2. The standard InChI is InChI=1S/C17H18N2O2/c1-11-8-12(2)10-13(9-11)16(20)19-15-7-5-4-6-14(15)17(21)18-3/h4-10H,1-3H3,(H,18,21)(H,19,20). The lowest BCUT2D eigenvalue weighted by molar-refractivity contribution is 0.0964. The van der Waals surface area contributed by atoms with Gasteiger partial charge in [-0.25, -0.2) is 0 Å². The highest BCUT2D eigenvalue weighted by Gasteiger charge is 2.13. The maximum atomic E-state index is 12.3.